The molecule has 1 atom stereocenters. The zero-order chi connectivity index (χ0) is 20.5. The van der Waals surface area contributed by atoms with Crippen LogP contribution in [0.3, 0.4) is 0 Å². The zero-order valence-electron chi connectivity index (χ0n) is 17.5. The number of fused-ring (bicyclic) bond motifs is 2. The molecule has 3 rings (SSSR count). The largest absolute Gasteiger partial charge is 0.466 e. The van der Waals surface area contributed by atoms with Gasteiger partial charge in [-0.2, -0.15) is 0 Å². The van der Waals surface area contributed by atoms with Crippen molar-refractivity contribution in [1.82, 2.24) is 5.32 Å². The van der Waals surface area contributed by atoms with Gasteiger partial charge in [0.25, 0.3) is 0 Å². The zero-order valence-corrected chi connectivity index (χ0v) is 18.3. The van der Waals surface area contributed by atoms with Crippen molar-refractivity contribution in [2.45, 2.75) is 56.9 Å². The maximum atomic E-state index is 11.4. The molecule has 5 heteroatoms. The van der Waals surface area contributed by atoms with E-state index in [-0.39, 0.29) is 12.0 Å². The van der Waals surface area contributed by atoms with Gasteiger partial charge >= 0.3 is 5.97 Å². The highest BCUT2D eigenvalue weighted by Crippen LogP contribution is 2.43. The number of para-hydroxylation sites is 1. The van der Waals surface area contributed by atoms with Gasteiger partial charge in [0.05, 0.1) is 18.3 Å². The first-order valence-electron chi connectivity index (χ1n) is 10.8. The number of carbonyl (C=O) groups is 1. The van der Waals surface area contributed by atoms with E-state index in [9.17, 15) is 4.79 Å². The van der Waals surface area contributed by atoms with E-state index >= 15 is 0 Å². The van der Waals surface area contributed by atoms with Crippen molar-refractivity contribution in [1.29, 1.82) is 0 Å². The Morgan fingerprint density at radius 2 is 1.72 bits per heavy atom. The minimum atomic E-state index is -0.0738. The van der Waals surface area contributed by atoms with E-state index in [1.807, 2.05) is 18.9 Å². The lowest BCUT2D eigenvalue weighted by Crippen LogP contribution is -2.24. The average molecular weight is 413 g/mol. The van der Waals surface area contributed by atoms with Crippen LogP contribution in [0.5, 0.6) is 0 Å². The van der Waals surface area contributed by atoms with E-state index in [0.29, 0.717) is 13.0 Å². The molecule has 1 aliphatic heterocycles. The minimum Gasteiger partial charge on any atom is -0.466 e. The van der Waals surface area contributed by atoms with Gasteiger partial charge in [0.1, 0.15) is 0 Å². The van der Waals surface area contributed by atoms with Crippen LogP contribution in [0.1, 0.15) is 63.1 Å². The molecule has 0 aliphatic carbocycles. The van der Waals surface area contributed by atoms with Gasteiger partial charge in [-0.25, -0.2) is 0 Å². The Kier molecular flexibility index (Phi) is 8.44. The SMILES string of the molecule is CCOC(=O)CCCCCCNC1c2ccccc2SN(CC)c2ccccc21. The predicted octanol–water partition coefficient (Wildman–Crippen LogP) is 5.73. The Morgan fingerprint density at radius 3 is 2.52 bits per heavy atom. The van der Waals surface area contributed by atoms with Gasteiger partial charge in [-0.05, 0) is 68.4 Å². The number of rotatable bonds is 10. The van der Waals surface area contributed by atoms with Crippen molar-refractivity contribution in [3.05, 3.63) is 59.7 Å². The molecule has 0 bridgehead atoms. The Bertz CT molecular complexity index is 796. The van der Waals surface area contributed by atoms with Crippen LogP contribution in [-0.4, -0.2) is 25.7 Å². The summed E-state index contributed by atoms with van der Waals surface area (Å²) in [6, 6.07) is 17.6. The van der Waals surface area contributed by atoms with Crippen molar-refractivity contribution in [2.24, 2.45) is 0 Å². The fourth-order valence-corrected chi connectivity index (χ4v) is 4.84. The second-order valence-corrected chi connectivity index (χ2v) is 8.30. The second kappa shape index (κ2) is 11.3. The first kappa shape index (κ1) is 21.7. The summed E-state index contributed by atoms with van der Waals surface area (Å²) in [6.07, 6.45) is 4.75. The fourth-order valence-electron chi connectivity index (χ4n) is 3.78. The first-order valence-corrected chi connectivity index (χ1v) is 11.5. The lowest BCUT2D eigenvalue weighted by molar-refractivity contribution is -0.143. The predicted molar refractivity (Wildman–Crippen MR) is 121 cm³/mol. The molecule has 1 heterocycles. The van der Waals surface area contributed by atoms with Gasteiger partial charge in [-0.3, -0.25) is 4.79 Å². The summed E-state index contributed by atoms with van der Waals surface area (Å²) in [4.78, 5) is 12.7. The maximum Gasteiger partial charge on any atom is 0.305 e. The molecule has 2 aromatic carbocycles. The lowest BCUT2D eigenvalue weighted by atomic mass is 9.96. The molecular weight excluding hydrogens is 380 g/mol. The van der Waals surface area contributed by atoms with Crippen LogP contribution >= 0.6 is 11.9 Å². The van der Waals surface area contributed by atoms with Crippen LogP contribution in [0.2, 0.25) is 0 Å². The number of nitrogens with one attached hydrogen (secondary N) is 1. The highest BCUT2D eigenvalue weighted by Gasteiger charge is 2.26. The number of anilines is 1. The van der Waals surface area contributed by atoms with Gasteiger partial charge in [0, 0.05) is 17.9 Å². The van der Waals surface area contributed by atoms with Crippen molar-refractivity contribution >= 4 is 23.6 Å². The molecule has 1 N–H and O–H groups in total. The Labute approximate surface area is 179 Å². The number of esters is 1. The molecule has 0 amide bonds. The molecular formula is C24H32N2O2S. The number of ether oxygens (including phenoxy) is 1. The molecule has 4 nitrogen and oxygen atoms in total. The molecule has 0 fully saturated rings. The summed E-state index contributed by atoms with van der Waals surface area (Å²) in [6.45, 7) is 6.45. The van der Waals surface area contributed by atoms with Gasteiger partial charge in [-0.15, -0.1) is 0 Å². The number of hydrogen-bond donors (Lipinski definition) is 1. The molecule has 0 saturated heterocycles. The number of nitrogens with zero attached hydrogens (tertiary/aromatic N) is 1. The van der Waals surface area contributed by atoms with E-state index in [1.165, 1.54) is 21.7 Å². The molecule has 29 heavy (non-hydrogen) atoms. The van der Waals surface area contributed by atoms with Crippen molar-refractivity contribution in [3.63, 3.8) is 0 Å². The third-order valence-electron chi connectivity index (χ3n) is 5.20. The van der Waals surface area contributed by atoms with E-state index in [1.54, 1.807) is 0 Å². The number of hydrogen-bond acceptors (Lipinski definition) is 5. The lowest BCUT2D eigenvalue weighted by Gasteiger charge is -2.23. The summed E-state index contributed by atoms with van der Waals surface area (Å²) < 4.78 is 7.37. The Hall–Kier alpha value is -1.98. The molecule has 156 valence electrons. The molecule has 0 aromatic heterocycles. The molecule has 0 spiro atoms. The van der Waals surface area contributed by atoms with E-state index in [4.69, 9.17) is 4.74 Å². The van der Waals surface area contributed by atoms with Crippen LogP contribution in [0, 0.1) is 0 Å². The minimum absolute atomic E-state index is 0.0738. The maximum absolute atomic E-state index is 11.4. The fraction of sp³-hybridized carbons (Fsp3) is 0.458. The highest BCUT2D eigenvalue weighted by molar-refractivity contribution is 8.00. The van der Waals surface area contributed by atoms with Gasteiger partial charge in [0.2, 0.25) is 0 Å². The molecule has 1 aliphatic rings. The second-order valence-electron chi connectivity index (χ2n) is 7.24. The van der Waals surface area contributed by atoms with Gasteiger partial charge in [-0.1, -0.05) is 49.2 Å². The Balaban J connectivity index is 1.61. The molecule has 2 aromatic rings. The number of unbranched alkanes of at least 4 members (excludes halogenated alkanes) is 3. The monoisotopic (exact) mass is 412 g/mol. The smallest absolute Gasteiger partial charge is 0.305 e. The quantitative estimate of drug-likeness (QED) is 0.307. The third-order valence-corrected chi connectivity index (χ3v) is 6.45. The van der Waals surface area contributed by atoms with Crippen LogP contribution in [0.25, 0.3) is 0 Å². The summed E-state index contributed by atoms with van der Waals surface area (Å²) in [5, 5.41) is 3.81. The first-order chi connectivity index (χ1) is 14.2. The van der Waals surface area contributed by atoms with E-state index in [0.717, 1.165) is 38.8 Å². The average Bonchev–Trinajstić information content (AvgIpc) is 2.88. The van der Waals surface area contributed by atoms with Crippen molar-refractivity contribution in [3.8, 4) is 0 Å². The van der Waals surface area contributed by atoms with Crippen molar-refractivity contribution in [2.75, 3.05) is 24.0 Å². The van der Waals surface area contributed by atoms with E-state index in [2.05, 4.69) is 65.1 Å². The number of benzene rings is 2. The van der Waals surface area contributed by atoms with E-state index < -0.39 is 0 Å². The van der Waals surface area contributed by atoms with Crippen LogP contribution in [0.15, 0.2) is 53.4 Å². The van der Waals surface area contributed by atoms with Crippen molar-refractivity contribution < 1.29 is 9.53 Å². The van der Waals surface area contributed by atoms with Crippen LogP contribution in [0.4, 0.5) is 5.69 Å². The highest BCUT2D eigenvalue weighted by atomic mass is 32.2. The normalized spacial score (nSPS) is 15.4. The van der Waals surface area contributed by atoms with Crippen LogP contribution < -0.4 is 9.62 Å². The third kappa shape index (κ3) is 5.77. The van der Waals surface area contributed by atoms with Crippen LogP contribution in [-0.2, 0) is 9.53 Å². The summed E-state index contributed by atoms with van der Waals surface area (Å²) in [5.41, 5.74) is 3.99. The summed E-state index contributed by atoms with van der Waals surface area (Å²) in [7, 11) is 0. The Morgan fingerprint density at radius 1 is 1.00 bits per heavy atom. The molecule has 0 saturated carbocycles. The summed E-state index contributed by atoms with van der Waals surface area (Å²) in [5.74, 6) is -0.0738. The molecule has 1 unspecified atom stereocenters. The standard InChI is InChI=1S/C24H32N2O2S/c1-3-26-21-15-10-8-13-19(21)24(20-14-9-11-16-22(20)29-26)25-18-12-6-5-7-17-23(27)28-4-2/h8-11,13-16,24-25H,3-7,12,17-18H2,1-2H3. The molecule has 0 radical (unpaired) electrons. The van der Waals surface area contributed by atoms with Gasteiger partial charge < -0.3 is 14.4 Å². The summed E-state index contributed by atoms with van der Waals surface area (Å²) >= 11 is 1.83. The van der Waals surface area contributed by atoms with Gasteiger partial charge in [0.15, 0.2) is 0 Å². The topological polar surface area (TPSA) is 41.6 Å². The number of carbonyl (C=O) groups excluding carboxylic acids is 1.